The Balaban J connectivity index is 1.79. The van der Waals surface area contributed by atoms with Gasteiger partial charge in [-0.3, -0.25) is 0 Å². The van der Waals surface area contributed by atoms with Gasteiger partial charge in [-0.15, -0.1) is 0 Å². The number of hydrogen-bond acceptors (Lipinski definition) is 4. The summed E-state index contributed by atoms with van der Waals surface area (Å²) in [7, 11) is 0. The summed E-state index contributed by atoms with van der Waals surface area (Å²) < 4.78 is 0. The molecular weight excluding hydrogens is 276 g/mol. The van der Waals surface area contributed by atoms with Crippen LogP contribution in [-0.4, -0.2) is 32.7 Å². The van der Waals surface area contributed by atoms with Gasteiger partial charge in [0.2, 0.25) is 0 Å². The summed E-state index contributed by atoms with van der Waals surface area (Å²) in [5, 5.41) is 13.9. The number of aromatic amines is 1. The van der Waals surface area contributed by atoms with Crippen molar-refractivity contribution in [2.24, 2.45) is 0 Å². The lowest BCUT2D eigenvalue weighted by Gasteiger charge is -2.18. The molecule has 3 N–H and O–H groups in total. The summed E-state index contributed by atoms with van der Waals surface area (Å²) in [5.41, 5.74) is 4.54. The van der Waals surface area contributed by atoms with Crippen LogP contribution in [0.1, 0.15) is 16.7 Å². The van der Waals surface area contributed by atoms with Crippen molar-refractivity contribution in [1.82, 2.24) is 15.0 Å². The first-order chi connectivity index (χ1) is 10.7. The first-order valence-electron chi connectivity index (χ1n) is 7.39. The number of hydrogen-bond donors (Lipinski definition) is 3. The van der Waals surface area contributed by atoms with E-state index < -0.39 is 0 Å². The number of H-pyrrole nitrogens is 1. The van der Waals surface area contributed by atoms with Crippen molar-refractivity contribution in [2.45, 2.75) is 26.3 Å². The van der Waals surface area contributed by atoms with Crippen molar-refractivity contribution >= 4 is 16.9 Å². The maximum absolute atomic E-state index is 9.68. The first-order valence-corrected chi connectivity index (χ1v) is 7.39. The van der Waals surface area contributed by atoms with Gasteiger partial charge in [0.05, 0.1) is 18.0 Å². The lowest BCUT2D eigenvalue weighted by molar-refractivity contribution is 0.273. The van der Waals surface area contributed by atoms with Crippen molar-refractivity contribution in [1.29, 1.82) is 0 Å². The van der Waals surface area contributed by atoms with Crippen molar-refractivity contribution in [2.75, 3.05) is 11.9 Å². The number of anilines is 1. The van der Waals surface area contributed by atoms with E-state index in [2.05, 4.69) is 52.3 Å². The molecule has 22 heavy (non-hydrogen) atoms. The van der Waals surface area contributed by atoms with E-state index in [1.54, 1.807) is 0 Å². The van der Waals surface area contributed by atoms with Gasteiger partial charge < -0.3 is 15.4 Å². The molecule has 2 aromatic heterocycles. The van der Waals surface area contributed by atoms with Crippen molar-refractivity contribution in [3.8, 4) is 0 Å². The van der Waals surface area contributed by atoms with Crippen LogP contribution in [0.25, 0.3) is 11.0 Å². The molecule has 0 saturated heterocycles. The Morgan fingerprint density at radius 3 is 2.82 bits per heavy atom. The van der Waals surface area contributed by atoms with E-state index in [9.17, 15) is 5.11 Å². The number of aryl methyl sites for hydroxylation is 2. The van der Waals surface area contributed by atoms with Gasteiger partial charge in [-0.05, 0) is 43.0 Å². The predicted molar refractivity (Wildman–Crippen MR) is 88.0 cm³/mol. The average molecular weight is 296 g/mol. The number of fused-ring (bicyclic) bond motifs is 1. The van der Waals surface area contributed by atoms with E-state index in [1.165, 1.54) is 23.0 Å². The summed E-state index contributed by atoms with van der Waals surface area (Å²) >= 11 is 0. The van der Waals surface area contributed by atoms with Gasteiger partial charge in [-0.1, -0.05) is 18.2 Å². The Bertz CT molecular complexity index is 781. The van der Waals surface area contributed by atoms with E-state index in [-0.39, 0.29) is 12.6 Å². The molecule has 0 radical (unpaired) electrons. The highest BCUT2D eigenvalue weighted by Gasteiger charge is 2.12. The fourth-order valence-corrected chi connectivity index (χ4v) is 2.56. The Morgan fingerprint density at radius 1 is 1.18 bits per heavy atom. The third-order valence-corrected chi connectivity index (χ3v) is 3.97. The second-order valence-electron chi connectivity index (χ2n) is 5.61. The van der Waals surface area contributed by atoms with Crippen LogP contribution in [0.4, 0.5) is 5.82 Å². The molecule has 3 aromatic rings. The van der Waals surface area contributed by atoms with Gasteiger partial charge in [0.1, 0.15) is 17.8 Å². The smallest absolute Gasteiger partial charge is 0.142 e. The van der Waals surface area contributed by atoms with Gasteiger partial charge in [0, 0.05) is 6.20 Å². The molecule has 0 aliphatic rings. The van der Waals surface area contributed by atoms with Crippen LogP contribution in [0.2, 0.25) is 0 Å². The molecule has 0 bridgehead atoms. The summed E-state index contributed by atoms with van der Waals surface area (Å²) in [6, 6.07) is 8.25. The zero-order chi connectivity index (χ0) is 15.5. The topological polar surface area (TPSA) is 73.8 Å². The molecule has 114 valence electrons. The van der Waals surface area contributed by atoms with E-state index >= 15 is 0 Å². The highest BCUT2D eigenvalue weighted by atomic mass is 16.3. The van der Waals surface area contributed by atoms with Gasteiger partial charge in [-0.2, -0.15) is 0 Å². The average Bonchev–Trinajstić information content (AvgIpc) is 3.00. The molecule has 0 saturated carbocycles. The zero-order valence-corrected chi connectivity index (χ0v) is 12.8. The first kappa shape index (κ1) is 14.5. The lowest BCUT2D eigenvalue weighted by atomic mass is 10.0. The fourth-order valence-electron chi connectivity index (χ4n) is 2.56. The van der Waals surface area contributed by atoms with Crippen LogP contribution in [0.3, 0.4) is 0 Å². The number of nitrogens with zero attached hydrogens (tertiary/aromatic N) is 2. The van der Waals surface area contributed by atoms with Gasteiger partial charge in [0.15, 0.2) is 0 Å². The number of aliphatic hydroxyl groups is 1. The lowest BCUT2D eigenvalue weighted by Crippen LogP contribution is -2.27. The highest BCUT2D eigenvalue weighted by molar-refractivity contribution is 5.86. The van der Waals surface area contributed by atoms with Gasteiger partial charge >= 0.3 is 0 Å². The fraction of sp³-hybridized carbons (Fsp3) is 0.294. The Kier molecular flexibility index (Phi) is 4.06. The third kappa shape index (κ3) is 2.94. The third-order valence-electron chi connectivity index (χ3n) is 3.97. The van der Waals surface area contributed by atoms with Crippen molar-refractivity contribution in [3.63, 3.8) is 0 Å². The van der Waals surface area contributed by atoms with Crippen LogP contribution in [0.5, 0.6) is 0 Å². The minimum absolute atomic E-state index is 0.0445. The maximum atomic E-state index is 9.68. The molecule has 0 fully saturated rings. The quantitative estimate of drug-likeness (QED) is 0.676. The molecule has 3 rings (SSSR count). The second kappa shape index (κ2) is 6.15. The maximum Gasteiger partial charge on any atom is 0.142 e. The summed E-state index contributed by atoms with van der Waals surface area (Å²) in [5.74, 6) is 0.745. The molecule has 5 nitrogen and oxygen atoms in total. The minimum Gasteiger partial charge on any atom is -0.394 e. The van der Waals surface area contributed by atoms with E-state index in [1.807, 2.05) is 12.3 Å². The standard InChI is InChI=1S/C17H20N4O/c1-11-3-4-13(7-12(11)2)8-14(9-22)21-17-15-5-6-18-16(15)19-10-20-17/h3-7,10,14,22H,8-9H2,1-2H3,(H2,18,19,20,21)/t14-/m0/s1. The summed E-state index contributed by atoms with van der Waals surface area (Å²) in [6.45, 7) is 4.25. The van der Waals surface area contributed by atoms with E-state index in [4.69, 9.17) is 0 Å². The van der Waals surface area contributed by atoms with Gasteiger partial charge in [0.25, 0.3) is 0 Å². The molecule has 5 heteroatoms. The predicted octanol–water partition coefficient (Wildman–Crippen LogP) is 2.59. The Hall–Kier alpha value is -2.40. The zero-order valence-electron chi connectivity index (χ0n) is 12.8. The SMILES string of the molecule is Cc1ccc(C[C@@H](CO)Nc2ncnc3[nH]ccc23)cc1C. The molecule has 0 spiro atoms. The number of benzene rings is 1. The number of aliphatic hydroxyl groups excluding tert-OH is 1. The summed E-state index contributed by atoms with van der Waals surface area (Å²) in [4.78, 5) is 11.5. The molecular formula is C17H20N4O. The monoisotopic (exact) mass is 296 g/mol. The number of rotatable bonds is 5. The van der Waals surface area contributed by atoms with Crippen molar-refractivity contribution in [3.05, 3.63) is 53.5 Å². The minimum atomic E-state index is -0.0879. The number of aromatic nitrogens is 3. The normalized spacial score (nSPS) is 12.5. The van der Waals surface area contributed by atoms with Crippen LogP contribution < -0.4 is 5.32 Å². The highest BCUT2D eigenvalue weighted by Crippen LogP contribution is 2.19. The molecule has 1 atom stereocenters. The molecule has 1 aromatic carbocycles. The second-order valence-corrected chi connectivity index (χ2v) is 5.61. The van der Waals surface area contributed by atoms with Crippen LogP contribution in [0, 0.1) is 13.8 Å². The summed E-state index contributed by atoms with van der Waals surface area (Å²) in [6.07, 6.45) is 4.10. The molecule has 0 aliphatic heterocycles. The molecule has 0 unspecified atom stereocenters. The van der Waals surface area contributed by atoms with Crippen molar-refractivity contribution < 1.29 is 5.11 Å². The van der Waals surface area contributed by atoms with E-state index in [0.29, 0.717) is 0 Å². The Labute approximate surface area is 129 Å². The van der Waals surface area contributed by atoms with Crippen LogP contribution in [-0.2, 0) is 6.42 Å². The molecule has 0 amide bonds. The Morgan fingerprint density at radius 2 is 2.05 bits per heavy atom. The number of nitrogens with one attached hydrogen (secondary N) is 2. The van der Waals surface area contributed by atoms with Crippen LogP contribution >= 0.6 is 0 Å². The van der Waals surface area contributed by atoms with Gasteiger partial charge in [-0.25, -0.2) is 9.97 Å². The van der Waals surface area contributed by atoms with Crippen LogP contribution in [0.15, 0.2) is 36.8 Å². The molecule has 0 aliphatic carbocycles. The van der Waals surface area contributed by atoms with E-state index in [0.717, 1.165) is 23.3 Å². The molecule has 2 heterocycles. The largest absolute Gasteiger partial charge is 0.394 e.